The van der Waals surface area contributed by atoms with Crippen LogP contribution >= 0.6 is 0 Å². The van der Waals surface area contributed by atoms with Crippen LogP contribution in [0.4, 0.5) is 0 Å². The van der Waals surface area contributed by atoms with Crippen molar-refractivity contribution < 1.29 is 49.1 Å². The maximum absolute atomic E-state index is 12.5. The van der Waals surface area contributed by atoms with E-state index in [9.17, 15) is 14.7 Å². The predicted molar refractivity (Wildman–Crippen MR) is 95.1 cm³/mol. The number of oxime groups is 1. The summed E-state index contributed by atoms with van der Waals surface area (Å²) in [6.45, 7) is 4.12. The van der Waals surface area contributed by atoms with Crippen LogP contribution in [0.2, 0.25) is 0 Å². The molecule has 6 heteroatoms. The molecule has 3 saturated carbocycles. The van der Waals surface area contributed by atoms with E-state index in [0.29, 0.717) is 23.5 Å². The molecular formula is C21H28NNaO4. The second-order valence-electron chi connectivity index (χ2n) is 9.15. The number of carbonyl (C=O) groups excluding carboxylic acids is 2. The summed E-state index contributed by atoms with van der Waals surface area (Å²) in [7, 11) is 0. The van der Waals surface area contributed by atoms with Gasteiger partial charge in [0, 0.05) is 11.8 Å². The number of carbonyl (C=O) groups is 2. The third-order valence-corrected chi connectivity index (χ3v) is 8.05. The average Bonchev–Trinajstić information content (AvgIpc) is 2.90. The van der Waals surface area contributed by atoms with E-state index in [1.807, 2.05) is 0 Å². The van der Waals surface area contributed by atoms with Crippen LogP contribution < -0.4 is 34.7 Å². The second-order valence-corrected chi connectivity index (χ2v) is 9.15. The van der Waals surface area contributed by atoms with Crippen LogP contribution in [0, 0.1) is 28.6 Å². The molecule has 0 aromatic carbocycles. The molecule has 0 heterocycles. The molecule has 5 atom stereocenters. The van der Waals surface area contributed by atoms with Crippen molar-refractivity contribution in [1.29, 1.82) is 0 Å². The Balaban J connectivity index is 0.00000210. The van der Waals surface area contributed by atoms with E-state index in [1.165, 1.54) is 5.57 Å². The van der Waals surface area contributed by atoms with Crippen molar-refractivity contribution in [1.82, 2.24) is 0 Å². The van der Waals surface area contributed by atoms with Gasteiger partial charge in [-0.05, 0) is 74.2 Å². The minimum atomic E-state index is -1.25. The number of ketones is 1. The van der Waals surface area contributed by atoms with Crippen LogP contribution in [0.1, 0.15) is 65.2 Å². The predicted octanol–water partition coefficient (Wildman–Crippen LogP) is -0.355. The zero-order valence-corrected chi connectivity index (χ0v) is 18.8. The van der Waals surface area contributed by atoms with Gasteiger partial charge >= 0.3 is 29.6 Å². The zero-order valence-electron chi connectivity index (χ0n) is 16.8. The molecular weight excluding hydrogens is 353 g/mol. The van der Waals surface area contributed by atoms with E-state index < -0.39 is 12.6 Å². The van der Waals surface area contributed by atoms with Gasteiger partial charge in [-0.15, -0.1) is 0 Å². The summed E-state index contributed by atoms with van der Waals surface area (Å²) < 4.78 is 0. The summed E-state index contributed by atoms with van der Waals surface area (Å²) in [6.07, 6.45) is 10.2. The third kappa shape index (κ3) is 3.44. The Morgan fingerprint density at radius 1 is 1.15 bits per heavy atom. The van der Waals surface area contributed by atoms with Gasteiger partial charge in [-0.2, -0.15) is 0 Å². The Bertz CT molecular complexity index is 702. The quantitative estimate of drug-likeness (QED) is 0.494. The molecule has 4 rings (SSSR count). The van der Waals surface area contributed by atoms with Gasteiger partial charge in [0.15, 0.2) is 6.61 Å². The summed E-state index contributed by atoms with van der Waals surface area (Å²) in [5.41, 5.74) is 2.39. The molecule has 27 heavy (non-hydrogen) atoms. The summed E-state index contributed by atoms with van der Waals surface area (Å²) in [5, 5.41) is 14.5. The van der Waals surface area contributed by atoms with Crippen LogP contribution in [0.25, 0.3) is 0 Å². The first-order valence-electron chi connectivity index (χ1n) is 9.97. The Hall–Kier alpha value is -0.650. The molecule has 0 aromatic heterocycles. The molecule has 0 radical (unpaired) electrons. The number of allylic oxidation sites excluding steroid dienone is 2. The van der Waals surface area contributed by atoms with Gasteiger partial charge in [0.05, 0.1) is 11.7 Å². The van der Waals surface area contributed by atoms with Gasteiger partial charge in [-0.3, -0.25) is 4.79 Å². The first kappa shape index (κ1) is 21.1. The maximum Gasteiger partial charge on any atom is 1.00 e. The van der Waals surface area contributed by atoms with Crippen molar-refractivity contribution in [2.75, 3.05) is 6.61 Å². The van der Waals surface area contributed by atoms with Crippen molar-refractivity contribution >= 4 is 17.5 Å². The first-order valence-corrected chi connectivity index (χ1v) is 9.97. The van der Waals surface area contributed by atoms with Crippen LogP contribution in [-0.2, 0) is 14.4 Å². The van der Waals surface area contributed by atoms with Gasteiger partial charge in [-0.1, -0.05) is 24.6 Å². The molecule has 0 amide bonds. The molecule has 142 valence electrons. The number of hydrogen-bond acceptors (Lipinski definition) is 5. The average molecular weight is 381 g/mol. The summed E-state index contributed by atoms with van der Waals surface area (Å²) >= 11 is 0. The van der Waals surface area contributed by atoms with E-state index in [4.69, 9.17) is 4.84 Å². The Kier molecular flexibility index (Phi) is 5.96. The fourth-order valence-corrected chi connectivity index (χ4v) is 6.58. The molecule has 4 aliphatic rings. The molecule has 0 aromatic rings. The smallest absolute Gasteiger partial charge is 0.546 e. The van der Waals surface area contributed by atoms with Gasteiger partial charge in [0.1, 0.15) is 5.78 Å². The van der Waals surface area contributed by atoms with Gasteiger partial charge < -0.3 is 14.7 Å². The summed E-state index contributed by atoms with van der Waals surface area (Å²) in [6, 6.07) is 0. The number of carboxylic acid groups (broad SMARTS) is 1. The number of Topliss-reactive ketones (excluding diaryl/α,β-unsaturated/α-hetero) is 1. The molecule has 0 unspecified atom stereocenters. The van der Waals surface area contributed by atoms with E-state index >= 15 is 0 Å². The molecule has 0 spiro atoms. The number of carboxylic acids is 1. The molecule has 4 aliphatic carbocycles. The normalized spacial score (nSPS) is 41.7. The summed E-state index contributed by atoms with van der Waals surface area (Å²) in [4.78, 5) is 27.8. The van der Waals surface area contributed by atoms with E-state index in [0.717, 1.165) is 57.1 Å². The molecule has 0 N–H and O–H groups in total. The largest absolute Gasteiger partial charge is 1.00 e. The van der Waals surface area contributed by atoms with Gasteiger partial charge in [0.25, 0.3) is 0 Å². The maximum atomic E-state index is 12.5. The van der Waals surface area contributed by atoms with Crippen molar-refractivity contribution in [2.24, 2.45) is 33.7 Å². The Labute approximate surface area is 183 Å². The molecule has 0 saturated heterocycles. The topological polar surface area (TPSA) is 78.8 Å². The van der Waals surface area contributed by atoms with Crippen molar-refractivity contribution in [3.05, 3.63) is 11.6 Å². The van der Waals surface area contributed by atoms with E-state index in [1.54, 1.807) is 0 Å². The van der Waals surface area contributed by atoms with Crippen LogP contribution in [0.3, 0.4) is 0 Å². The van der Waals surface area contributed by atoms with Gasteiger partial charge in [-0.25, -0.2) is 0 Å². The van der Waals surface area contributed by atoms with Crippen LogP contribution in [0.5, 0.6) is 0 Å². The fraction of sp³-hybridized carbons (Fsp3) is 0.762. The fourth-order valence-electron chi connectivity index (χ4n) is 6.58. The molecule has 0 bridgehead atoms. The molecule has 3 fully saturated rings. The molecule has 5 nitrogen and oxygen atoms in total. The standard InChI is InChI=1S/C21H29NO4.Na/c1-20-9-7-14(22-26-12-19(24)25)11-13(20)3-4-15-16-5-6-18(23)21(16,2)10-8-17(15)20;/h11,15-17H,3-10,12H2,1-2H3,(H,24,25);/q;+1/p-1/t15-,16-,17-,20-,21-;/m0./s1. The van der Waals surface area contributed by atoms with Gasteiger partial charge in [0.2, 0.25) is 0 Å². The van der Waals surface area contributed by atoms with Crippen LogP contribution in [0.15, 0.2) is 16.8 Å². The van der Waals surface area contributed by atoms with E-state index in [-0.39, 0.29) is 40.4 Å². The molecule has 0 aliphatic heterocycles. The van der Waals surface area contributed by atoms with Crippen LogP contribution in [-0.4, -0.2) is 24.1 Å². The number of hydrogen-bond donors (Lipinski definition) is 0. The number of aliphatic carboxylic acids is 1. The monoisotopic (exact) mass is 381 g/mol. The minimum Gasteiger partial charge on any atom is -0.546 e. The van der Waals surface area contributed by atoms with Crippen molar-refractivity contribution in [3.8, 4) is 0 Å². The third-order valence-electron chi connectivity index (χ3n) is 8.05. The Morgan fingerprint density at radius 3 is 2.63 bits per heavy atom. The first-order chi connectivity index (χ1) is 12.3. The number of fused-ring (bicyclic) bond motifs is 5. The number of nitrogens with zero attached hydrogens (tertiary/aromatic N) is 1. The summed E-state index contributed by atoms with van der Waals surface area (Å²) in [5.74, 6) is 1.12. The zero-order chi connectivity index (χ0) is 18.5. The second kappa shape index (κ2) is 7.64. The Morgan fingerprint density at radius 2 is 1.89 bits per heavy atom. The minimum absolute atomic E-state index is 0. The van der Waals surface area contributed by atoms with Crippen molar-refractivity contribution in [2.45, 2.75) is 65.2 Å². The SMILES string of the molecule is C[C@]12CCC(=NOCC(=O)[O-])C=C1CC[C@@H]1[C@@H]2CC[C@]2(C)C(=O)CC[C@@H]12.[Na+]. The van der Waals surface area contributed by atoms with Crippen molar-refractivity contribution in [3.63, 3.8) is 0 Å². The number of rotatable bonds is 3. The van der Waals surface area contributed by atoms with E-state index in [2.05, 4.69) is 25.1 Å².